The summed E-state index contributed by atoms with van der Waals surface area (Å²) < 4.78 is 4.60. The zero-order chi connectivity index (χ0) is 18.7. The molecular weight excluding hydrogens is 371 g/mol. The number of amides is 2. The Balaban J connectivity index is 0.00000243. The molecule has 142 valence electrons. The smallest absolute Gasteiger partial charge is 0.548 e. The molecule has 3 fully saturated rings. The fourth-order valence-corrected chi connectivity index (χ4v) is 8.81. The molecule has 0 aromatic heterocycles. The van der Waals surface area contributed by atoms with Crippen molar-refractivity contribution in [3.63, 3.8) is 0 Å². The average Bonchev–Trinajstić information content (AvgIpc) is 2.66. The predicted octanol–water partition coefficient (Wildman–Crippen LogP) is -3.56. The van der Waals surface area contributed by atoms with Crippen molar-refractivity contribution in [2.24, 2.45) is 0 Å². The van der Waals surface area contributed by atoms with E-state index in [2.05, 4.69) is 0 Å². The van der Waals surface area contributed by atoms with Gasteiger partial charge in [-0.15, -0.1) is 10.0 Å². The minimum atomic E-state index is -2.50. The zero-order valence-corrected chi connectivity index (χ0v) is 18.7. The fourth-order valence-electron chi connectivity index (χ4n) is 4.54. The van der Waals surface area contributed by atoms with Gasteiger partial charge in [0.25, 0.3) is 5.24 Å². The van der Waals surface area contributed by atoms with Crippen LogP contribution in [0.3, 0.4) is 0 Å². The molecule has 1 N–H and O–H groups in total. The van der Waals surface area contributed by atoms with Gasteiger partial charge in [-0.2, -0.15) is 0 Å². The molecule has 3 aliphatic rings. The van der Waals surface area contributed by atoms with Crippen molar-refractivity contribution in [3.05, 3.63) is 0 Å². The van der Waals surface area contributed by atoms with E-state index < -0.39 is 38.1 Å². The second kappa shape index (κ2) is 7.25. The zero-order valence-electron chi connectivity index (χ0n) is 15.9. The first-order chi connectivity index (χ1) is 11.6. The van der Waals surface area contributed by atoms with Crippen molar-refractivity contribution < 1.29 is 58.9 Å². The average molecular weight is 396 g/mol. The van der Waals surface area contributed by atoms with Gasteiger partial charge in [-0.05, 0) is 27.7 Å². The summed E-state index contributed by atoms with van der Waals surface area (Å²) in [4.78, 5) is 40.2. The Hall–Kier alpha value is -0.320. The van der Waals surface area contributed by atoms with E-state index in [-0.39, 0.29) is 59.3 Å². The van der Waals surface area contributed by atoms with Crippen LogP contribution in [0.15, 0.2) is 0 Å². The third-order valence-electron chi connectivity index (χ3n) is 5.70. The number of morpholine rings is 1. The number of fused-ring (bicyclic) bond motifs is 1. The van der Waals surface area contributed by atoms with Crippen molar-refractivity contribution in [3.8, 4) is 0 Å². The molecule has 5 atom stereocenters. The molecule has 0 aromatic carbocycles. The minimum absolute atomic E-state index is 0. The largest absolute Gasteiger partial charge is 1.00 e. The predicted molar refractivity (Wildman–Crippen MR) is 89.8 cm³/mol. The van der Waals surface area contributed by atoms with Crippen LogP contribution in [0.25, 0.3) is 0 Å². The van der Waals surface area contributed by atoms with Crippen LogP contribution in [-0.2, 0) is 14.3 Å². The number of carbonyl (C=O) groups excluding carboxylic acids is 3. The summed E-state index contributed by atoms with van der Waals surface area (Å²) >= 11 is 0. The molecular formula is C16H25N2NaO6S. The van der Waals surface area contributed by atoms with Gasteiger partial charge in [0.1, 0.15) is 0 Å². The van der Waals surface area contributed by atoms with Gasteiger partial charge in [0.2, 0.25) is 5.91 Å². The van der Waals surface area contributed by atoms with Gasteiger partial charge in [-0.1, -0.05) is 0 Å². The summed E-state index contributed by atoms with van der Waals surface area (Å²) in [6.07, 6.45) is -0.170. The van der Waals surface area contributed by atoms with E-state index in [4.69, 9.17) is 4.74 Å². The molecule has 10 heteroatoms. The summed E-state index contributed by atoms with van der Waals surface area (Å²) in [7, 11) is -2.50. The number of nitrogens with zero attached hydrogens (tertiary/aromatic N) is 2. The van der Waals surface area contributed by atoms with Gasteiger partial charge in [0.15, 0.2) is 0 Å². The molecule has 26 heavy (non-hydrogen) atoms. The number of ether oxygens (including phenoxy) is 1. The maximum Gasteiger partial charge on any atom is 1.00 e. The molecule has 3 aliphatic heterocycles. The van der Waals surface area contributed by atoms with Gasteiger partial charge < -0.3 is 29.5 Å². The Labute approximate surface area is 176 Å². The number of β-lactam (4-membered cyclic amide) rings is 1. The first kappa shape index (κ1) is 22.0. The van der Waals surface area contributed by atoms with Crippen LogP contribution < -0.4 is 34.7 Å². The van der Waals surface area contributed by atoms with E-state index in [1.807, 2.05) is 13.8 Å². The number of aliphatic hydroxyl groups excluding tert-OH is 1. The monoisotopic (exact) mass is 396 g/mol. The fraction of sp³-hybridized carbons (Fsp3) is 0.812. The summed E-state index contributed by atoms with van der Waals surface area (Å²) in [5.74, 6) is -2.11. The van der Waals surface area contributed by atoms with Crippen LogP contribution in [0.1, 0.15) is 34.1 Å². The summed E-state index contributed by atoms with van der Waals surface area (Å²) in [5.41, 5.74) is 0. The Morgan fingerprint density at radius 2 is 1.85 bits per heavy atom. The molecule has 0 radical (unpaired) electrons. The van der Waals surface area contributed by atoms with E-state index in [9.17, 15) is 24.6 Å². The number of hydrogen-bond acceptors (Lipinski definition) is 6. The number of rotatable bonds is 2. The van der Waals surface area contributed by atoms with Crippen LogP contribution in [0.2, 0.25) is 0 Å². The summed E-state index contributed by atoms with van der Waals surface area (Å²) in [5, 5.41) is 21.3. The van der Waals surface area contributed by atoms with Crippen LogP contribution in [0.5, 0.6) is 0 Å². The van der Waals surface area contributed by atoms with Gasteiger partial charge in [-0.3, -0.25) is 9.59 Å². The van der Waals surface area contributed by atoms with Gasteiger partial charge in [-0.25, -0.2) is 0 Å². The van der Waals surface area contributed by atoms with E-state index in [1.165, 1.54) is 4.90 Å². The van der Waals surface area contributed by atoms with Crippen LogP contribution in [0.4, 0.5) is 4.79 Å². The molecule has 3 heterocycles. The molecule has 3 saturated heterocycles. The Morgan fingerprint density at radius 3 is 2.23 bits per heavy atom. The number of carboxylic acids is 1. The Morgan fingerprint density at radius 1 is 1.31 bits per heavy atom. The second-order valence-corrected chi connectivity index (χ2v) is 11.4. The van der Waals surface area contributed by atoms with Crippen molar-refractivity contribution in [2.45, 2.75) is 62.5 Å². The van der Waals surface area contributed by atoms with Gasteiger partial charge in [0.05, 0.1) is 42.0 Å². The van der Waals surface area contributed by atoms with Crippen LogP contribution in [-0.4, -0.2) is 79.4 Å². The van der Waals surface area contributed by atoms with Crippen LogP contribution in [0, 0.1) is 0 Å². The Bertz CT molecular complexity index is 622. The van der Waals surface area contributed by atoms with Crippen molar-refractivity contribution in [2.75, 3.05) is 19.0 Å². The first-order valence-electron chi connectivity index (χ1n) is 8.44. The topological polar surface area (TPSA) is 110 Å². The van der Waals surface area contributed by atoms with E-state index >= 15 is 0 Å². The summed E-state index contributed by atoms with van der Waals surface area (Å²) in [6, 6.07) is -1.19. The SMILES string of the molecule is CC1CN(C(=O)[S@]2(CO)[C@@H]3CC(=O)N3[C@@H](C(=O)[O-])C2(C)C)C[C@H](C)O1.[Na+]. The van der Waals surface area contributed by atoms with E-state index in [0.29, 0.717) is 13.1 Å². The molecule has 0 aliphatic carbocycles. The molecule has 0 spiro atoms. The first-order valence-corrected chi connectivity index (χ1v) is 10.3. The third-order valence-corrected chi connectivity index (χ3v) is 10.4. The van der Waals surface area contributed by atoms with Gasteiger partial charge >= 0.3 is 29.6 Å². The van der Waals surface area contributed by atoms with Crippen LogP contribution >= 0.6 is 10.0 Å². The minimum Gasteiger partial charge on any atom is -0.548 e. The van der Waals surface area contributed by atoms with Crippen molar-refractivity contribution >= 4 is 27.1 Å². The molecule has 3 rings (SSSR count). The standard InChI is InChI=1S/C16H26N2O6S.Na/c1-9-6-17(7-10(2)24-9)15(23)25(8-19)12-5-11(20)18(12)13(14(21)22)16(25,3)4;/h9-10,12-13,19H,5-8H2,1-4H3,(H,21,22);/q;+1/p-1/t9-,10?,12+,13-;/m0./s1. The van der Waals surface area contributed by atoms with Gasteiger partial charge in [0, 0.05) is 17.8 Å². The van der Waals surface area contributed by atoms with E-state index in [0.717, 1.165) is 0 Å². The number of carbonyl (C=O) groups is 3. The molecule has 0 aromatic rings. The van der Waals surface area contributed by atoms with Crippen molar-refractivity contribution in [1.82, 2.24) is 9.80 Å². The number of aliphatic carboxylic acids is 1. The normalized spacial score (nSPS) is 38.3. The molecule has 2 amide bonds. The van der Waals surface area contributed by atoms with Crippen molar-refractivity contribution in [1.29, 1.82) is 0 Å². The maximum atomic E-state index is 13.5. The second-order valence-electron chi connectivity index (χ2n) is 7.64. The van der Waals surface area contributed by atoms with E-state index in [1.54, 1.807) is 18.7 Å². The third kappa shape index (κ3) is 2.82. The maximum absolute atomic E-state index is 13.5. The number of carboxylic acid groups (broad SMARTS) is 1. The number of hydrogen-bond donors (Lipinski definition) is 1. The summed E-state index contributed by atoms with van der Waals surface area (Å²) in [6.45, 7) is 7.86. The molecule has 0 saturated carbocycles. The quantitative estimate of drug-likeness (QED) is 0.382. The Kier molecular flexibility index (Phi) is 6.13. The number of aliphatic hydroxyl groups is 1. The molecule has 8 nitrogen and oxygen atoms in total. The molecule has 0 bridgehead atoms. The molecule has 1 unspecified atom stereocenters.